The average molecular weight is 555 g/mol. The summed E-state index contributed by atoms with van der Waals surface area (Å²) in [6, 6.07) is 0. The maximum Gasteiger partial charge on any atom is 0.0594 e. The molecule has 5 aliphatic carbocycles. The summed E-state index contributed by atoms with van der Waals surface area (Å²) in [6.07, 6.45) is 15.9. The zero-order chi connectivity index (χ0) is 22.7. The van der Waals surface area contributed by atoms with Gasteiger partial charge in [-0.3, -0.25) is 0 Å². The molecule has 0 aromatic carbocycles. The van der Waals surface area contributed by atoms with E-state index >= 15 is 0 Å². The Morgan fingerprint density at radius 2 is 1.44 bits per heavy atom. The van der Waals surface area contributed by atoms with Gasteiger partial charge in [-0.15, -0.1) is 24.0 Å². The van der Waals surface area contributed by atoms with Gasteiger partial charge < -0.3 is 5.11 Å². The number of hydrogen-bond donors (Lipinski definition) is 1. The zero-order valence-electron chi connectivity index (χ0n) is 22.3. The van der Waals surface area contributed by atoms with E-state index in [2.05, 4.69) is 61.5 Å². The first-order valence-electron chi connectivity index (χ1n) is 13.6. The van der Waals surface area contributed by atoms with Crippen molar-refractivity contribution in [3.05, 3.63) is 11.6 Å². The first-order chi connectivity index (χ1) is 14.2. The summed E-state index contributed by atoms with van der Waals surface area (Å²) in [5.41, 5.74) is 4.09. The van der Waals surface area contributed by atoms with E-state index in [1.165, 1.54) is 57.8 Å². The minimum Gasteiger partial charge on any atom is -0.393 e. The van der Waals surface area contributed by atoms with Crippen molar-refractivity contribution in [1.82, 2.24) is 0 Å². The van der Waals surface area contributed by atoms with Crippen LogP contribution in [0.5, 0.6) is 0 Å². The van der Waals surface area contributed by atoms with Crippen LogP contribution in [-0.2, 0) is 0 Å². The van der Waals surface area contributed by atoms with E-state index in [1.54, 1.807) is 0 Å². The number of halogens is 1. The van der Waals surface area contributed by atoms with Crippen LogP contribution in [0.2, 0.25) is 0 Å². The molecular weight excluding hydrogens is 503 g/mol. The van der Waals surface area contributed by atoms with Gasteiger partial charge in [-0.05, 0) is 114 Å². The van der Waals surface area contributed by atoms with E-state index < -0.39 is 0 Å². The lowest BCUT2D eigenvalue weighted by molar-refractivity contribution is -0.202. The van der Waals surface area contributed by atoms with Crippen molar-refractivity contribution in [2.45, 2.75) is 126 Å². The fourth-order valence-electron chi connectivity index (χ4n) is 10.5. The molecule has 1 N–H and O–H groups in total. The van der Waals surface area contributed by atoms with Crippen LogP contribution in [0.1, 0.15) is 120 Å². The Balaban J connectivity index is 0.00000245. The molecule has 0 aromatic heterocycles. The molecule has 0 aliphatic heterocycles. The summed E-state index contributed by atoms with van der Waals surface area (Å²) in [6.45, 7) is 20.4. The van der Waals surface area contributed by atoms with Gasteiger partial charge in [0.15, 0.2) is 0 Å². The van der Waals surface area contributed by atoms with Crippen LogP contribution in [0.25, 0.3) is 0 Å². The van der Waals surface area contributed by atoms with E-state index in [1.807, 2.05) is 5.57 Å². The highest BCUT2D eigenvalue weighted by molar-refractivity contribution is 14.0. The summed E-state index contributed by atoms with van der Waals surface area (Å²) in [7, 11) is 0. The Bertz CT molecular complexity index is 797. The highest BCUT2D eigenvalue weighted by Gasteiger charge is 2.67. The largest absolute Gasteiger partial charge is 0.393 e. The second kappa shape index (κ2) is 7.47. The molecular formula is C30H51IO. The molecule has 3 unspecified atom stereocenters. The highest BCUT2D eigenvalue weighted by atomic mass is 127. The molecule has 1 nitrogen and oxygen atoms in total. The number of allylic oxidation sites excluding steroid dienone is 2. The monoisotopic (exact) mass is 554 g/mol. The lowest BCUT2D eigenvalue weighted by Crippen LogP contribution is -2.64. The predicted octanol–water partition coefficient (Wildman–Crippen LogP) is 8.79. The van der Waals surface area contributed by atoms with Gasteiger partial charge in [-0.25, -0.2) is 0 Å². The Morgan fingerprint density at radius 3 is 2.12 bits per heavy atom. The van der Waals surface area contributed by atoms with Crippen molar-refractivity contribution in [3.63, 3.8) is 0 Å². The summed E-state index contributed by atoms with van der Waals surface area (Å²) >= 11 is 0. The molecule has 8 atom stereocenters. The molecule has 0 saturated heterocycles. The van der Waals surface area contributed by atoms with E-state index in [4.69, 9.17) is 0 Å². The van der Waals surface area contributed by atoms with Gasteiger partial charge in [0.25, 0.3) is 0 Å². The summed E-state index contributed by atoms with van der Waals surface area (Å²) in [5.74, 6) is 2.21. The fourth-order valence-corrected chi connectivity index (χ4v) is 10.5. The number of aliphatic hydroxyl groups excluding tert-OH is 1. The molecule has 32 heavy (non-hydrogen) atoms. The van der Waals surface area contributed by atoms with Gasteiger partial charge in [-0.2, -0.15) is 0 Å². The number of aliphatic hydroxyl groups is 1. The summed E-state index contributed by atoms with van der Waals surface area (Å²) < 4.78 is 0. The molecule has 0 radical (unpaired) electrons. The lowest BCUT2D eigenvalue weighted by Gasteiger charge is -2.71. The van der Waals surface area contributed by atoms with Gasteiger partial charge in [0.2, 0.25) is 0 Å². The number of hydrogen-bond acceptors (Lipinski definition) is 1. The van der Waals surface area contributed by atoms with Gasteiger partial charge in [0.05, 0.1) is 6.10 Å². The maximum atomic E-state index is 10.9. The molecule has 0 aromatic rings. The maximum absolute atomic E-state index is 10.9. The minimum absolute atomic E-state index is 0. The van der Waals surface area contributed by atoms with Crippen LogP contribution in [0.3, 0.4) is 0 Å². The topological polar surface area (TPSA) is 20.2 Å². The van der Waals surface area contributed by atoms with Crippen molar-refractivity contribution in [3.8, 4) is 0 Å². The Morgan fingerprint density at radius 1 is 0.781 bits per heavy atom. The van der Waals surface area contributed by atoms with Gasteiger partial charge in [0, 0.05) is 0 Å². The molecule has 0 amide bonds. The Labute approximate surface area is 216 Å². The minimum atomic E-state index is -0.125. The van der Waals surface area contributed by atoms with E-state index in [-0.39, 0.29) is 35.5 Å². The second-order valence-corrected chi connectivity index (χ2v) is 15.2. The molecule has 0 bridgehead atoms. The van der Waals surface area contributed by atoms with Crippen molar-refractivity contribution in [2.75, 3.05) is 0 Å². The van der Waals surface area contributed by atoms with Crippen molar-refractivity contribution in [1.29, 1.82) is 0 Å². The van der Waals surface area contributed by atoms with Gasteiger partial charge in [-0.1, -0.05) is 67.0 Å². The van der Waals surface area contributed by atoms with Crippen LogP contribution in [0.15, 0.2) is 11.6 Å². The predicted molar refractivity (Wildman–Crippen MR) is 146 cm³/mol. The first kappa shape index (κ1) is 25.5. The molecule has 0 spiro atoms. The molecule has 0 heterocycles. The van der Waals surface area contributed by atoms with Gasteiger partial charge >= 0.3 is 0 Å². The molecule has 184 valence electrons. The van der Waals surface area contributed by atoms with Crippen molar-refractivity contribution < 1.29 is 5.11 Å². The smallest absolute Gasteiger partial charge is 0.0594 e. The van der Waals surface area contributed by atoms with Crippen LogP contribution >= 0.6 is 24.0 Å². The van der Waals surface area contributed by atoms with Crippen LogP contribution in [0.4, 0.5) is 0 Å². The van der Waals surface area contributed by atoms with Crippen molar-refractivity contribution in [2.24, 2.45) is 50.2 Å². The molecule has 4 saturated carbocycles. The lowest BCUT2D eigenvalue weighted by atomic mass is 9.33. The quantitative estimate of drug-likeness (QED) is 0.234. The van der Waals surface area contributed by atoms with Crippen LogP contribution < -0.4 is 0 Å². The molecule has 5 rings (SSSR count). The van der Waals surface area contributed by atoms with E-state index in [9.17, 15) is 5.11 Å². The Kier molecular flexibility index (Phi) is 5.96. The van der Waals surface area contributed by atoms with E-state index in [0.717, 1.165) is 18.3 Å². The third-order valence-corrected chi connectivity index (χ3v) is 13.0. The van der Waals surface area contributed by atoms with Crippen molar-refractivity contribution >= 4 is 24.0 Å². The zero-order valence-corrected chi connectivity index (χ0v) is 24.6. The highest BCUT2D eigenvalue weighted by Crippen LogP contribution is 2.75. The average Bonchev–Trinajstić information content (AvgIpc) is 2.67. The number of rotatable bonds is 0. The molecule has 2 heteroatoms. The number of fused-ring (bicyclic) bond motifs is 7. The van der Waals surface area contributed by atoms with Gasteiger partial charge in [0.1, 0.15) is 0 Å². The fraction of sp³-hybridized carbons (Fsp3) is 0.933. The third kappa shape index (κ3) is 3.15. The first-order valence-corrected chi connectivity index (χ1v) is 13.6. The summed E-state index contributed by atoms with van der Waals surface area (Å²) in [5, 5.41) is 10.9. The Hall–Kier alpha value is 0.430. The third-order valence-electron chi connectivity index (χ3n) is 13.0. The SMILES string of the molecule is CC1(C)CC[C@]2(C)CC[C@]3(C)C(=CCC4[C@@]5(C)CC[C@H](O)C(C)(C)C5CC[C@]43C)C2C1.I. The van der Waals surface area contributed by atoms with Crippen LogP contribution in [-0.4, -0.2) is 11.2 Å². The summed E-state index contributed by atoms with van der Waals surface area (Å²) in [4.78, 5) is 0. The van der Waals surface area contributed by atoms with E-state index in [0.29, 0.717) is 33.0 Å². The molecule has 5 aliphatic rings. The normalized spacial score (nSPS) is 53.5. The standard InChI is InChI=1S/C30H50O.HI/c1-25(2)15-16-27(5)17-18-29(7)20(21(27)19-25)9-10-23-28(6)13-12-24(31)26(3,4)22(28)11-14-30(23,29)8;/h9,21-24,31H,10-19H2,1-8H3;1H/t21?,22?,23?,24-,27+,28-,29+,30+;/m0./s1. The molecule has 4 fully saturated rings. The second-order valence-electron chi connectivity index (χ2n) is 15.2. The van der Waals surface area contributed by atoms with Crippen LogP contribution in [0, 0.1) is 50.2 Å².